The van der Waals surface area contributed by atoms with E-state index in [9.17, 15) is 19.1 Å². The van der Waals surface area contributed by atoms with E-state index in [-0.39, 0.29) is 18.1 Å². The molecule has 0 spiro atoms. The summed E-state index contributed by atoms with van der Waals surface area (Å²) in [6.07, 6.45) is 2.53. The number of thiazole rings is 1. The van der Waals surface area contributed by atoms with Crippen molar-refractivity contribution in [3.05, 3.63) is 41.2 Å². The van der Waals surface area contributed by atoms with E-state index in [1.165, 1.54) is 23.5 Å². The maximum Gasteiger partial charge on any atom is 0.329 e. The maximum atomic E-state index is 13.3. The highest BCUT2D eigenvalue weighted by molar-refractivity contribution is 7.13. The van der Waals surface area contributed by atoms with Gasteiger partial charge in [0.1, 0.15) is 16.4 Å². The molecule has 1 aliphatic carbocycles. The van der Waals surface area contributed by atoms with Crippen LogP contribution in [0.4, 0.5) is 4.39 Å². The summed E-state index contributed by atoms with van der Waals surface area (Å²) < 4.78 is 13.3. The molecule has 1 saturated carbocycles. The van der Waals surface area contributed by atoms with Crippen LogP contribution in [0, 0.1) is 5.82 Å². The number of halogens is 1. The third-order valence-electron chi connectivity index (χ3n) is 4.21. The standard InChI is InChI=1S/C17H17FN2O3S/c18-12-5-3-4-11(8-12)15-19-13(10-24-15)9-14(21)20-17(16(22)23)6-1-2-7-17/h3-5,8,10H,1-2,6-7,9H2,(H,20,21)(H,22,23). The van der Waals surface area contributed by atoms with Crippen molar-refractivity contribution < 1.29 is 19.1 Å². The minimum atomic E-state index is -1.14. The Morgan fingerprint density at radius 1 is 1.33 bits per heavy atom. The molecule has 3 rings (SSSR count). The number of carboxylic acid groups (broad SMARTS) is 1. The summed E-state index contributed by atoms with van der Waals surface area (Å²) in [5.41, 5.74) is 0.0677. The van der Waals surface area contributed by atoms with Gasteiger partial charge in [-0.25, -0.2) is 14.2 Å². The molecule has 2 N–H and O–H groups in total. The maximum absolute atomic E-state index is 13.3. The van der Waals surface area contributed by atoms with Gasteiger partial charge in [-0.2, -0.15) is 0 Å². The van der Waals surface area contributed by atoms with Crippen molar-refractivity contribution in [2.24, 2.45) is 0 Å². The highest BCUT2D eigenvalue weighted by atomic mass is 32.1. The second-order valence-electron chi connectivity index (χ2n) is 5.97. The van der Waals surface area contributed by atoms with Crippen LogP contribution in [0.5, 0.6) is 0 Å². The number of carbonyl (C=O) groups is 2. The summed E-state index contributed by atoms with van der Waals surface area (Å²) in [4.78, 5) is 28.0. The van der Waals surface area contributed by atoms with E-state index < -0.39 is 11.5 Å². The van der Waals surface area contributed by atoms with Crippen molar-refractivity contribution in [2.45, 2.75) is 37.6 Å². The fourth-order valence-corrected chi connectivity index (χ4v) is 3.81. The fraction of sp³-hybridized carbons (Fsp3) is 0.353. The SMILES string of the molecule is O=C(Cc1csc(-c2cccc(F)c2)n1)NC1(C(=O)O)CCCC1. The van der Waals surface area contributed by atoms with E-state index in [1.54, 1.807) is 17.5 Å². The minimum Gasteiger partial charge on any atom is -0.480 e. The lowest BCUT2D eigenvalue weighted by atomic mass is 9.97. The van der Waals surface area contributed by atoms with Crippen LogP contribution < -0.4 is 5.32 Å². The molecule has 0 aliphatic heterocycles. The molecule has 1 heterocycles. The Bertz CT molecular complexity index is 769. The van der Waals surface area contributed by atoms with E-state index >= 15 is 0 Å². The van der Waals surface area contributed by atoms with Gasteiger partial charge in [0.15, 0.2) is 0 Å². The number of rotatable bonds is 5. The van der Waals surface area contributed by atoms with Crippen LogP contribution in [0.15, 0.2) is 29.6 Å². The first-order valence-electron chi connectivity index (χ1n) is 7.73. The Labute approximate surface area is 142 Å². The van der Waals surface area contributed by atoms with E-state index in [0.717, 1.165) is 12.8 Å². The van der Waals surface area contributed by atoms with Crippen molar-refractivity contribution in [2.75, 3.05) is 0 Å². The first-order chi connectivity index (χ1) is 11.5. The van der Waals surface area contributed by atoms with E-state index in [1.807, 2.05) is 0 Å². The third-order valence-corrected chi connectivity index (χ3v) is 5.15. The van der Waals surface area contributed by atoms with Gasteiger partial charge in [0.25, 0.3) is 0 Å². The van der Waals surface area contributed by atoms with Gasteiger partial charge in [0.2, 0.25) is 5.91 Å². The van der Waals surface area contributed by atoms with Gasteiger partial charge < -0.3 is 10.4 Å². The lowest BCUT2D eigenvalue weighted by Crippen LogP contribution is -2.52. The number of amides is 1. The highest BCUT2D eigenvalue weighted by Gasteiger charge is 2.42. The largest absolute Gasteiger partial charge is 0.480 e. The van der Waals surface area contributed by atoms with E-state index in [4.69, 9.17) is 0 Å². The molecule has 0 saturated heterocycles. The molecule has 24 heavy (non-hydrogen) atoms. The molecule has 0 unspecified atom stereocenters. The predicted octanol–water partition coefficient (Wildman–Crippen LogP) is 3.01. The second kappa shape index (κ2) is 6.68. The normalized spacial score (nSPS) is 16.0. The molecule has 0 bridgehead atoms. The lowest BCUT2D eigenvalue weighted by Gasteiger charge is -2.25. The Hall–Kier alpha value is -2.28. The zero-order valence-electron chi connectivity index (χ0n) is 12.9. The number of hydrogen-bond acceptors (Lipinski definition) is 4. The fourth-order valence-electron chi connectivity index (χ4n) is 2.99. The van der Waals surface area contributed by atoms with Gasteiger partial charge in [0, 0.05) is 10.9 Å². The van der Waals surface area contributed by atoms with Crippen LogP contribution in [0.25, 0.3) is 10.6 Å². The second-order valence-corrected chi connectivity index (χ2v) is 6.83. The average Bonchev–Trinajstić information content (AvgIpc) is 3.17. The predicted molar refractivity (Wildman–Crippen MR) is 88.2 cm³/mol. The molecule has 0 atom stereocenters. The Morgan fingerprint density at radius 3 is 2.75 bits per heavy atom. The molecule has 1 fully saturated rings. The van der Waals surface area contributed by atoms with Gasteiger partial charge in [0.05, 0.1) is 12.1 Å². The summed E-state index contributed by atoms with van der Waals surface area (Å²) in [5.74, 6) is -1.67. The molecular formula is C17H17FN2O3S. The minimum absolute atomic E-state index is 0.0147. The topological polar surface area (TPSA) is 79.3 Å². The summed E-state index contributed by atoms with van der Waals surface area (Å²) in [5, 5.41) is 14.4. The molecule has 1 aromatic heterocycles. The molecule has 2 aromatic rings. The van der Waals surface area contributed by atoms with Crippen molar-refractivity contribution in [3.63, 3.8) is 0 Å². The molecule has 1 aliphatic rings. The summed E-state index contributed by atoms with van der Waals surface area (Å²) in [6.45, 7) is 0. The van der Waals surface area contributed by atoms with Crippen LogP contribution >= 0.6 is 11.3 Å². The third kappa shape index (κ3) is 3.46. The smallest absolute Gasteiger partial charge is 0.329 e. The van der Waals surface area contributed by atoms with Crippen molar-refractivity contribution in [1.29, 1.82) is 0 Å². The summed E-state index contributed by atoms with van der Waals surface area (Å²) in [7, 11) is 0. The van der Waals surface area contributed by atoms with Gasteiger partial charge in [-0.1, -0.05) is 25.0 Å². The number of nitrogens with one attached hydrogen (secondary N) is 1. The zero-order chi connectivity index (χ0) is 17.2. The Morgan fingerprint density at radius 2 is 2.08 bits per heavy atom. The number of hydrogen-bond donors (Lipinski definition) is 2. The number of nitrogens with zero attached hydrogens (tertiary/aromatic N) is 1. The Balaban J connectivity index is 1.68. The molecule has 1 aromatic carbocycles. The quantitative estimate of drug-likeness (QED) is 0.870. The molecule has 5 nitrogen and oxygen atoms in total. The highest BCUT2D eigenvalue weighted by Crippen LogP contribution is 2.30. The van der Waals surface area contributed by atoms with Gasteiger partial charge in [-0.15, -0.1) is 11.3 Å². The molecule has 0 radical (unpaired) electrons. The molecule has 126 valence electrons. The van der Waals surface area contributed by atoms with Crippen molar-refractivity contribution >= 4 is 23.2 Å². The first-order valence-corrected chi connectivity index (χ1v) is 8.61. The van der Waals surface area contributed by atoms with Gasteiger partial charge in [-0.05, 0) is 25.0 Å². The first kappa shape index (κ1) is 16.6. The van der Waals surface area contributed by atoms with Crippen LogP contribution in [0.2, 0.25) is 0 Å². The van der Waals surface area contributed by atoms with Crippen molar-refractivity contribution in [3.8, 4) is 10.6 Å². The number of aromatic nitrogens is 1. The molecule has 1 amide bonds. The number of aliphatic carboxylic acids is 1. The van der Waals surface area contributed by atoms with Crippen molar-refractivity contribution in [1.82, 2.24) is 10.3 Å². The average molecular weight is 348 g/mol. The lowest BCUT2D eigenvalue weighted by molar-refractivity contribution is -0.147. The van der Waals surface area contributed by atoms with Crippen LogP contribution in [0.1, 0.15) is 31.4 Å². The van der Waals surface area contributed by atoms with Gasteiger partial charge in [-0.3, -0.25) is 4.79 Å². The number of benzene rings is 1. The van der Waals surface area contributed by atoms with E-state index in [2.05, 4.69) is 10.3 Å². The number of carboxylic acids is 1. The van der Waals surface area contributed by atoms with Crippen LogP contribution in [-0.4, -0.2) is 27.5 Å². The van der Waals surface area contributed by atoms with Gasteiger partial charge >= 0.3 is 5.97 Å². The van der Waals surface area contributed by atoms with Crippen LogP contribution in [0.3, 0.4) is 0 Å². The zero-order valence-corrected chi connectivity index (χ0v) is 13.7. The molecule has 7 heteroatoms. The molecular weight excluding hydrogens is 331 g/mol. The summed E-state index contributed by atoms with van der Waals surface area (Å²) in [6, 6.07) is 6.11. The Kier molecular flexibility index (Phi) is 4.62. The number of carbonyl (C=O) groups excluding carboxylic acids is 1. The van der Waals surface area contributed by atoms with Crippen LogP contribution in [-0.2, 0) is 16.0 Å². The monoisotopic (exact) mass is 348 g/mol. The van der Waals surface area contributed by atoms with E-state index in [0.29, 0.717) is 29.1 Å². The summed E-state index contributed by atoms with van der Waals surface area (Å²) >= 11 is 1.33.